The molecule has 0 aromatic heterocycles. The number of hydrogen-bond donors (Lipinski definition) is 1. The predicted molar refractivity (Wildman–Crippen MR) is 9.44 cm³/mol. The Balaban J connectivity index is 0. The average Bonchev–Trinajstić information content (AvgIpc) is 0.918. The molecule has 0 aliphatic heterocycles. The summed E-state index contributed by atoms with van der Waals surface area (Å²) in [5, 5.41) is 0. The molecule has 0 saturated carbocycles. The maximum atomic E-state index is 6.86. The Morgan fingerprint density at radius 1 is 1.75 bits per heavy atom. The van der Waals surface area contributed by atoms with Gasteiger partial charge < -0.3 is 0 Å². The van der Waals surface area contributed by atoms with Gasteiger partial charge in [-0.3, -0.25) is 0 Å². The molecule has 0 rings (SSSR count). The first-order valence-corrected chi connectivity index (χ1v) is 0.424. The van der Waals surface area contributed by atoms with Crippen LogP contribution in [0.2, 0.25) is 0 Å². The first-order valence-electron chi connectivity index (χ1n) is 0.424. The topological polar surface area (TPSA) is 60.3 Å². The summed E-state index contributed by atoms with van der Waals surface area (Å²) in [4.78, 5) is 1.75. The molecule has 0 heterocycles. The van der Waals surface area contributed by atoms with Crippen LogP contribution in [0.3, 0.4) is 0 Å². The Bertz CT molecular complexity index is 24.3. The maximum Gasteiger partial charge on any atom is 0 e. The predicted octanol–water partition coefficient (Wildman–Crippen LogP) is 0.875. The van der Waals surface area contributed by atoms with E-state index in [1.807, 2.05) is 0 Å². The normalized spacial score (nSPS) is 2.00. The van der Waals surface area contributed by atoms with Gasteiger partial charge in [0, 0.05) is 41.7 Å². The molecule has 0 aromatic rings. The fraction of sp³-hybridized carbons (Fsp3) is 0. The van der Waals surface area contributed by atoms with Crippen LogP contribution in [0.25, 0.3) is 10.4 Å². The van der Waals surface area contributed by atoms with Gasteiger partial charge in [0.2, 0.25) is 0 Å². The van der Waals surface area contributed by atoms with Crippen molar-refractivity contribution in [3.63, 3.8) is 0 Å². The number of nitrogens with one attached hydrogen (secondary N) is 1. The van der Waals surface area contributed by atoms with Crippen molar-refractivity contribution >= 4 is 0 Å². The third-order valence-electron chi connectivity index (χ3n) is 0. The smallest absolute Gasteiger partial charge is 0 e. The molecular formula is HCeN3. The molecule has 0 unspecified atom stereocenters. The van der Waals surface area contributed by atoms with E-state index >= 15 is 0 Å². The van der Waals surface area contributed by atoms with Crippen LogP contribution in [-0.4, -0.2) is 0 Å². The van der Waals surface area contributed by atoms with E-state index < -0.39 is 0 Å². The molecule has 3 nitrogen and oxygen atoms in total. The van der Waals surface area contributed by atoms with E-state index in [0.29, 0.717) is 0 Å². The molecule has 0 aliphatic carbocycles. The summed E-state index contributed by atoms with van der Waals surface area (Å²) in [6.07, 6.45) is 0. The first-order chi connectivity index (χ1) is 1.41. The van der Waals surface area contributed by atoms with Crippen molar-refractivity contribution in [2.45, 2.75) is 0 Å². The van der Waals surface area contributed by atoms with Gasteiger partial charge in [-0.25, -0.2) is 0 Å². The molecule has 4 heavy (non-hydrogen) atoms. The van der Waals surface area contributed by atoms with Crippen molar-refractivity contribution in [2.75, 3.05) is 0 Å². The van der Waals surface area contributed by atoms with Crippen LogP contribution >= 0.6 is 0 Å². The van der Waals surface area contributed by atoms with E-state index in [4.69, 9.17) is 11.1 Å². The zero-order chi connectivity index (χ0) is 2.71. The van der Waals surface area contributed by atoms with Gasteiger partial charge in [-0.15, -0.1) is 5.53 Å². The maximum absolute atomic E-state index is 6.86. The van der Waals surface area contributed by atoms with Crippen molar-refractivity contribution in [3.05, 3.63) is 10.4 Å². The number of hydrogen-bond acceptors (Lipinski definition) is 1. The van der Waals surface area contributed by atoms with E-state index in [1.54, 1.807) is 4.91 Å². The zero-order valence-electron chi connectivity index (χ0n) is 1.89. The van der Waals surface area contributed by atoms with Crippen molar-refractivity contribution < 1.29 is 41.7 Å². The summed E-state index contributed by atoms with van der Waals surface area (Å²) in [6.45, 7) is 0. The fourth-order valence-corrected chi connectivity index (χ4v) is 0. The van der Waals surface area contributed by atoms with Gasteiger partial charge in [-0.05, 0) is 10.4 Å². The van der Waals surface area contributed by atoms with E-state index in [0.717, 1.165) is 0 Å². The van der Waals surface area contributed by atoms with E-state index in [1.165, 1.54) is 0 Å². The monoisotopic (exact) mass is 183 g/mol. The molecule has 4 heteroatoms. The Hall–Kier alpha value is 0.687. The van der Waals surface area contributed by atoms with Crippen LogP contribution in [-0.2, 0) is 0 Å². The summed E-state index contributed by atoms with van der Waals surface area (Å²) < 4.78 is 0. The third kappa shape index (κ3) is 16.2. The SMILES string of the molecule is [Ce].[N-]=[N+]=N. The van der Waals surface area contributed by atoms with Crippen molar-refractivity contribution in [3.8, 4) is 0 Å². The molecule has 0 radical (unpaired) electrons. The summed E-state index contributed by atoms with van der Waals surface area (Å²) in [5.41, 5.74) is 12.2. The average molecular weight is 183 g/mol. The molecule has 0 amide bonds. The largest absolute Gasteiger partial charge is 0.108 e. The summed E-state index contributed by atoms with van der Waals surface area (Å²) in [5.74, 6) is 0. The van der Waals surface area contributed by atoms with Crippen molar-refractivity contribution in [1.82, 2.24) is 0 Å². The Labute approximate surface area is 57.2 Å². The minimum Gasteiger partial charge on any atom is -0.108 e. The Kier molecular flexibility index (Phi) is 20.6. The van der Waals surface area contributed by atoms with Gasteiger partial charge in [0.1, 0.15) is 0 Å². The van der Waals surface area contributed by atoms with Crippen LogP contribution < -0.4 is 0 Å². The summed E-state index contributed by atoms with van der Waals surface area (Å²) in [6, 6.07) is 0. The minimum atomic E-state index is 0. The number of rotatable bonds is 0. The molecule has 0 bridgehead atoms. The molecule has 0 saturated heterocycles. The van der Waals surface area contributed by atoms with Crippen LogP contribution in [0.1, 0.15) is 0 Å². The van der Waals surface area contributed by atoms with Gasteiger partial charge in [0.05, 0.1) is 0 Å². The molecule has 0 aliphatic rings. The molecular weight excluding hydrogens is 182 g/mol. The summed E-state index contributed by atoms with van der Waals surface area (Å²) >= 11 is 0. The van der Waals surface area contributed by atoms with Crippen molar-refractivity contribution in [2.24, 2.45) is 0 Å². The summed E-state index contributed by atoms with van der Waals surface area (Å²) in [7, 11) is 0. The molecule has 20 valence electrons. The molecule has 0 aromatic carbocycles. The Morgan fingerprint density at radius 3 is 1.75 bits per heavy atom. The zero-order valence-corrected chi connectivity index (χ0v) is 5.03. The first kappa shape index (κ1) is 8.82. The van der Waals surface area contributed by atoms with E-state index in [9.17, 15) is 0 Å². The second-order valence-corrected chi connectivity index (χ2v) is 0.100. The van der Waals surface area contributed by atoms with Crippen LogP contribution in [0, 0.1) is 47.3 Å². The van der Waals surface area contributed by atoms with Gasteiger partial charge >= 0.3 is 0 Å². The van der Waals surface area contributed by atoms with Crippen LogP contribution in [0.5, 0.6) is 0 Å². The molecule has 1 N–H and O–H groups in total. The van der Waals surface area contributed by atoms with Crippen LogP contribution in [0.15, 0.2) is 0 Å². The second-order valence-electron chi connectivity index (χ2n) is 0.100. The fourth-order valence-electron chi connectivity index (χ4n) is 0. The quantitative estimate of drug-likeness (QED) is 0.329. The van der Waals surface area contributed by atoms with Crippen LogP contribution in [0.4, 0.5) is 0 Å². The second kappa shape index (κ2) is 9.35. The van der Waals surface area contributed by atoms with Gasteiger partial charge in [-0.1, -0.05) is 0 Å². The number of nitrogens with zero attached hydrogens (tertiary/aromatic N) is 2. The van der Waals surface area contributed by atoms with Gasteiger partial charge in [-0.2, -0.15) is 0 Å². The third-order valence-corrected chi connectivity index (χ3v) is 0. The minimum absolute atomic E-state index is 0. The van der Waals surface area contributed by atoms with E-state index in [2.05, 4.69) is 0 Å². The van der Waals surface area contributed by atoms with Gasteiger partial charge in [0.15, 0.2) is 0 Å². The van der Waals surface area contributed by atoms with Gasteiger partial charge in [0.25, 0.3) is 0 Å². The standard InChI is InChI=1S/Ce.HN3/c;1-3-2/h;1H. The van der Waals surface area contributed by atoms with E-state index in [-0.39, 0.29) is 41.7 Å². The Morgan fingerprint density at radius 2 is 1.75 bits per heavy atom. The molecule has 0 spiro atoms. The molecule has 0 atom stereocenters. The van der Waals surface area contributed by atoms with Crippen molar-refractivity contribution in [1.29, 1.82) is 5.53 Å². The molecule has 0 fully saturated rings.